The standard InChI is InChI=1S/C18H18N4O2S/c1-12-16(25-17(21-12)13-6-5-9-19-10-13)11-20-18(23)22-14-7-3-4-8-15(14)24-2/h3-10H,11H2,1-2H3,(H2,20,22,23). The third-order valence-corrected chi connectivity index (χ3v) is 4.77. The van der Waals surface area contributed by atoms with E-state index >= 15 is 0 Å². The van der Waals surface area contributed by atoms with E-state index in [1.165, 1.54) is 0 Å². The average molecular weight is 354 g/mol. The molecule has 0 saturated carbocycles. The van der Waals surface area contributed by atoms with E-state index in [0.717, 1.165) is 21.1 Å². The smallest absolute Gasteiger partial charge is 0.319 e. The number of amides is 2. The molecule has 0 atom stereocenters. The molecule has 2 aromatic heterocycles. The van der Waals surface area contributed by atoms with E-state index in [4.69, 9.17) is 4.74 Å². The molecule has 0 fully saturated rings. The van der Waals surface area contributed by atoms with Crippen molar-refractivity contribution >= 4 is 23.1 Å². The van der Waals surface area contributed by atoms with E-state index in [2.05, 4.69) is 20.6 Å². The fourth-order valence-corrected chi connectivity index (χ4v) is 3.27. The number of ether oxygens (including phenoxy) is 1. The molecule has 2 N–H and O–H groups in total. The van der Waals surface area contributed by atoms with Gasteiger partial charge in [0.2, 0.25) is 0 Å². The number of pyridine rings is 1. The lowest BCUT2D eigenvalue weighted by Crippen LogP contribution is -2.28. The largest absolute Gasteiger partial charge is 0.495 e. The molecular formula is C18H18N4O2S. The SMILES string of the molecule is COc1ccccc1NC(=O)NCc1sc(-c2cccnc2)nc1C. The first-order chi connectivity index (χ1) is 12.2. The van der Waals surface area contributed by atoms with Crippen molar-refractivity contribution in [2.45, 2.75) is 13.5 Å². The Labute approximate surface area is 149 Å². The Morgan fingerprint density at radius 1 is 1.24 bits per heavy atom. The van der Waals surface area contributed by atoms with Crippen molar-refractivity contribution in [1.29, 1.82) is 0 Å². The maximum absolute atomic E-state index is 12.1. The molecule has 2 amide bonds. The predicted octanol–water partition coefficient (Wildman–Crippen LogP) is 3.84. The fourth-order valence-electron chi connectivity index (χ4n) is 2.28. The van der Waals surface area contributed by atoms with E-state index < -0.39 is 0 Å². The summed E-state index contributed by atoms with van der Waals surface area (Å²) in [5, 5.41) is 6.54. The number of aromatic nitrogens is 2. The third-order valence-electron chi connectivity index (χ3n) is 3.57. The molecule has 2 heterocycles. The minimum atomic E-state index is -0.291. The van der Waals surface area contributed by atoms with Gasteiger partial charge in [-0.3, -0.25) is 4.98 Å². The third kappa shape index (κ3) is 4.13. The molecule has 1 aromatic carbocycles. The molecule has 25 heavy (non-hydrogen) atoms. The molecule has 0 radical (unpaired) electrons. The summed E-state index contributed by atoms with van der Waals surface area (Å²) in [6.07, 6.45) is 3.51. The number of nitrogens with one attached hydrogen (secondary N) is 2. The van der Waals surface area contributed by atoms with Gasteiger partial charge in [-0.15, -0.1) is 11.3 Å². The Hall–Kier alpha value is -2.93. The average Bonchev–Trinajstić information content (AvgIpc) is 3.02. The summed E-state index contributed by atoms with van der Waals surface area (Å²) < 4.78 is 5.22. The van der Waals surface area contributed by atoms with E-state index in [1.54, 1.807) is 43.0 Å². The minimum Gasteiger partial charge on any atom is -0.495 e. The van der Waals surface area contributed by atoms with Crippen LogP contribution in [0.4, 0.5) is 10.5 Å². The van der Waals surface area contributed by atoms with E-state index in [1.807, 2.05) is 31.2 Å². The summed E-state index contributed by atoms with van der Waals surface area (Å²) in [7, 11) is 1.57. The van der Waals surface area contributed by atoms with Gasteiger partial charge in [0, 0.05) is 22.8 Å². The number of rotatable bonds is 5. The Morgan fingerprint density at radius 3 is 2.84 bits per heavy atom. The maximum atomic E-state index is 12.1. The molecule has 128 valence electrons. The number of thiazole rings is 1. The zero-order chi connectivity index (χ0) is 17.6. The molecule has 0 aliphatic rings. The van der Waals surface area contributed by atoms with Crippen molar-refractivity contribution in [2.75, 3.05) is 12.4 Å². The van der Waals surface area contributed by atoms with Crippen molar-refractivity contribution in [2.24, 2.45) is 0 Å². The molecule has 0 spiro atoms. The van der Waals surface area contributed by atoms with Crippen molar-refractivity contribution in [3.8, 4) is 16.3 Å². The molecule has 0 aliphatic heterocycles. The number of anilines is 1. The van der Waals surface area contributed by atoms with Gasteiger partial charge >= 0.3 is 6.03 Å². The van der Waals surface area contributed by atoms with Crippen LogP contribution in [-0.4, -0.2) is 23.1 Å². The zero-order valence-corrected chi connectivity index (χ0v) is 14.8. The van der Waals surface area contributed by atoms with Gasteiger partial charge in [-0.05, 0) is 31.2 Å². The number of carbonyl (C=O) groups excluding carboxylic acids is 1. The van der Waals surface area contributed by atoms with Crippen LogP contribution >= 0.6 is 11.3 Å². The maximum Gasteiger partial charge on any atom is 0.319 e. The summed E-state index contributed by atoms with van der Waals surface area (Å²) in [6, 6.07) is 10.8. The van der Waals surface area contributed by atoms with Crippen LogP contribution in [0.3, 0.4) is 0 Å². The van der Waals surface area contributed by atoms with Crippen molar-refractivity contribution in [3.05, 3.63) is 59.4 Å². The number of para-hydroxylation sites is 2. The number of carbonyl (C=O) groups is 1. The number of urea groups is 1. The van der Waals surface area contributed by atoms with Crippen LogP contribution in [0.25, 0.3) is 10.6 Å². The van der Waals surface area contributed by atoms with Crippen LogP contribution < -0.4 is 15.4 Å². The van der Waals surface area contributed by atoms with Gasteiger partial charge in [0.15, 0.2) is 0 Å². The zero-order valence-electron chi connectivity index (χ0n) is 13.9. The monoisotopic (exact) mass is 354 g/mol. The quantitative estimate of drug-likeness (QED) is 0.730. The first-order valence-corrected chi connectivity index (χ1v) is 8.53. The molecule has 3 rings (SSSR count). The Kier molecular flexibility index (Phi) is 5.25. The number of hydrogen-bond donors (Lipinski definition) is 2. The number of nitrogens with zero attached hydrogens (tertiary/aromatic N) is 2. The summed E-state index contributed by atoms with van der Waals surface area (Å²) in [5.74, 6) is 0.616. The molecule has 3 aromatic rings. The Morgan fingerprint density at radius 2 is 2.08 bits per heavy atom. The lowest BCUT2D eigenvalue weighted by Gasteiger charge is -2.10. The molecule has 0 aliphatic carbocycles. The van der Waals surface area contributed by atoms with E-state index in [0.29, 0.717) is 18.0 Å². The summed E-state index contributed by atoms with van der Waals surface area (Å²) in [6.45, 7) is 2.34. The van der Waals surface area contributed by atoms with Gasteiger partial charge in [-0.2, -0.15) is 0 Å². The lowest BCUT2D eigenvalue weighted by molar-refractivity contribution is 0.251. The van der Waals surface area contributed by atoms with Crippen molar-refractivity contribution in [1.82, 2.24) is 15.3 Å². The van der Waals surface area contributed by atoms with Gasteiger partial charge < -0.3 is 15.4 Å². The van der Waals surface area contributed by atoms with Crippen LogP contribution in [0.5, 0.6) is 5.75 Å². The number of benzene rings is 1. The molecule has 0 bridgehead atoms. The number of hydrogen-bond acceptors (Lipinski definition) is 5. The molecule has 0 unspecified atom stereocenters. The van der Waals surface area contributed by atoms with Gasteiger partial charge in [-0.25, -0.2) is 9.78 Å². The normalized spacial score (nSPS) is 10.3. The van der Waals surface area contributed by atoms with Gasteiger partial charge in [0.05, 0.1) is 25.0 Å². The van der Waals surface area contributed by atoms with Gasteiger partial charge in [0.1, 0.15) is 10.8 Å². The highest BCUT2D eigenvalue weighted by atomic mass is 32.1. The second-order valence-electron chi connectivity index (χ2n) is 5.28. The summed E-state index contributed by atoms with van der Waals surface area (Å²) in [4.78, 5) is 21.8. The second kappa shape index (κ2) is 7.76. The second-order valence-corrected chi connectivity index (χ2v) is 6.36. The Balaban J connectivity index is 1.64. The topological polar surface area (TPSA) is 76.1 Å². The van der Waals surface area contributed by atoms with Gasteiger partial charge in [-0.1, -0.05) is 12.1 Å². The highest BCUT2D eigenvalue weighted by Gasteiger charge is 2.11. The number of aryl methyl sites for hydroxylation is 1. The highest BCUT2D eigenvalue weighted by molar-refractivity contribution is 7.15. The van der Waals surface area contributed by atoms with E-state index in [-0.39, 0.29) is 6.03 Å². The van der Waals surface area contributed by atoms with Crippen molar-refractivity contribution < 1.29 is 9.53 Å². The van der Waals surface area contributed by atoms with E-state index in [9.17, 15) is 4.79 Å². The molecule has 7 heteroatoms. The fraction of sp³-hybridized carbons (Fsp3) is 0.167. The first kappa shape index (κ1) is 16.9. The van der Waals surface area contributed by atoms with Crippen LogP contribution in [0.15, 0.2) is 48.8 Å². The van der Waals surface area contributed by atoms with Crippen molar-refractivity contribution in [3.63, 3.8) is 0 Å². The van der Waals surface area contributed by atoms with Gasteiger partial charge in [0.25, 0.3) is 0 Å². The number of methoxy groups -OCH3 is 1. The van der Waals surface area contributed by atoms with Crippen LogP contribution in [0.1, 0.15) is 10.6 Å². The Bertz CT molecular complexity index is 865. The highest BCUT2D eigenvalue weighted by Crippen LogP contribution is 2.27. The lowest BCUT2D eigenvalue weighted by atomic mass is 10.3. The van der Waals surface area contributed by atoms with Crippen LogP contribution in [0.2, 0.25) is 0 Å². The van der Waals surface area contributed by atoms with Crippen LogP contribution in [-0.2, 0) is 6.54 Å². The first-order valence-electron chi connectivity index (χ1n) is 7.72. The summed E-state index contributed by atoms with van der Waals surface area (Å²) in [5.41, 5.74) is 2.50. The summed E-state index contributed by atoms with van der Waals surface area (Å²) >= 11 is 1.55. The minimum absolute atomic E-state index is 0.291. The molecule has 0 saturated heterocycles. The molecule has 6 nitrogen and oxygen atoms in total. The van der Waals surface area contributed by atoms with Crippen LogP contribution in [0, 0.1) is 6.92 Å². The predicted molar refractivity (Wildman–Crippen MR) is 98.9 cm³/mol. The molecular weight excluding hydrogens is 336 g/mol.